The third kappa shape index (κ3) is 4.87. The summed E-state index contributed by atoms with van der Waals surface area (Å²) >= 11 is 0. The van der Waals surface area contributed by atoms with Crippen molar-refractivity contribution in [1.29, 1.82) is 0 Å². The molecule has 3 amide bonds. The van der Waals surface area contributed by atoms with Gasteiger partial charge in [-0.15, -0.1) is 0 Å². The zero-order valence-electron chi connectivity index (χ0n) is 19.4. The molecule has 0 unspecified atom stereocenters. The second-order valence-electron chi connectivity index (χ2n) is 8.68. The van der Waals surface area contributed by atoms with Gasteiger partial charge in [-0.1, -0.05) is 0 Å². The molecule has 0 atom stereocenters. The predicted molar refractivity (Wildman–Crippen MR) is 135 cm³/mol. The number of amides is 3. The van der Waals surface area contributed by atoms with Crippen molar-refractivity contribution in [2.45, 2.75) is 26.2 Å². The Balaban J connectivity index is 1.31. The third-order valence-corrected chi connectivity index (χ3v) is 6.21. The van der Waals surface area contributed by atoms with E-state index in [4.69, 9.17) is 0 Å². The summed E-state index contributed by atoms with van der Waals surface area (Å²) in [5.41, 5.74) is 4.05. The van der Waals surface area contributed by atoms with E-state index in [9.17, 15) is 14.0 Å². The number of hydrogen-bond acceptors (Lipinski definition) is 3. The summed E-state index contributed by atoms with van der Waals surface area (Å²) in [5, 5.41) is 5.81. The van der Waals surface area contributed by atoms with Crippen LogP contribution in [0.15, 0.2) is 66.7 Å². The van der Waals surface area contributed by atoms with E-state index in [0.29, 0.717) is 16.9 Å². The maximum absolute atomic E-state index is 13.4. The van der Waals surface area contributed by atoms with Crippen molar-refractivity contribution in [3.05, 3.63) is 83.9 Å². The molecule has 0 bridgehead atoms. The molecule has 1 aliphatic rings. The third-order valence-electron chi connectivity index (χ3n) is 6.21. The number of carbonyl (C=O) groups excluding carboxylic acids is 2. The van der Waals surface area contributed by atoms with E-state index in [1.807, 2.05) is 16.4 Å². The zero-order valence-corrected chi connectivity index (χ0v) is 19.4. The molecule has 178 valence electrons. The summed E-state index contributed by atoms with van der Waals surface area (Å²) in [6.45, 7) is 3.43. The van der Waals surface area contributed by atoms with Crippen LogP contribution in [-0.2, 0) is 0 Å². The summed E-state index contributed by atoms with van der Waals surface area (Å²) < 4.78 is 15.3. The Morgan fingerprint density at radius 2 is 1.51 bits per heavy atom. The average Bonchev–Trinajstić information content (AvgIpc) is 3.21. The Morgan fingerprint density at radius 3 is 2.20 bits per heavy atom. The SMILES string of the molecule is Cc1nc2ccc(C(=O)Nc3ccc(NC(=O)N4CCCCC4)cc3)cc2n1-c1ccc(F)cc1. The summed E-state index contributed by atoms with van der Waals surface area (Å²) in [5.74, 6) is 0.167. The van der Waals surface area contributed by atoms with Crippen molar-refractivity contribution >= 4 is 34.3 Å². The minimum atomic E-state index is -0.312. The van der Waals surface area contributed by atoms with Crippen molar-refractivity contribution in [2.75, 3.05) is 23.7 Å². The number of nitrogens with one attached hydrogen (secondary N) is 2. The van der Waals surface area contributed by atoms with Gasteiger partial charge in [0.15, 0.2) is 0 Å². The van der Waals surface area contributed by atoms with Gasteiger partial charge in [0.1, 0.15) is 11.6 Å². The second kappa shape index (κ2) is 9.58. The highest BCUT2D eigenvalue weighted by Crippen LogP contribution is 2.24. The molecule has 0 saturated carbocycles. The molecule has 1 saturated heterocycles. The number of aromatic nitrogens is 2. The number of hydrogen-bond donors (Lipinski definition) is 2. The standard InChI is InChI=1S/C27H26FN5O2/c1-18-29-24-14-5-19(17-25(24)33(18)23-12-6-20(28)7-13-23)26(34)30-21-8-10-22(11-9-21)31-27(35)32-15-3-2-4-16-32/h5-14,17H,2-4,15-16H2,1H3,(H,30,34)(H,31,35). The van der Waals surface area contributed by atoms with Crippen LogP contribution >= 0.6 is 0 Å². The number of urea groups is 1. The summed E-state index contributed by atoms with van der Waals surface area (Å²) in [7, 11) is 0. The van der Waals surface area contributed by atoms with Crippen LogP contribution < -0.4 is 10.6 Å². The number of carbonyl (C=O) groups is 2. The molecular weight excluding hydrogens is 445 g/mol. The minimum Gasteiger partial charge on any atom is -0.325 e. The summed E-state index contributed by atoms with van der Waals surface area (Å²) in [6, 6.07) is 18.4. The Hall–Kier alpha value is -4.20. The molecule has 0 spiro atoms. The first-order valence-corrected chi connectivity index (χ1v) is 11.7. The van der Waals surface area contributed by atoms with Gasteiger partial charge < -0.3 is 15.5 Å². The van der Waals surface area contributed by atoms with Crippen molar-refractivity contribution in [3.63, 3.8) is 0 Å². The van der Waals surface area contributed by atoms with E-state index in [1.165, 1.54) is 18.6 Å². The lowest BCUT2D eigenvalue weighted by molar-refractivity contribution is 0.102. The van der Waals surface area contributed by atoms with Crippen LogP contribution in [0.1, 0.15) is 35.4 Å². The van der Waals surface area contributed by atoms with E-state index in [1.54, 1.807) is 54.6 Å². The molecule has 7 nitrogen and oxygen atoms in total. The molecular formula is C27H26FN5O2. The molecule has 1 aromatic heterocycles. The van der Waals surface area contributed by atoms with Gasteiger partial charge in [-0.3, -0.25) is 9.36 Å². The normalized spacial score (nSPS) is 13.6. The highest BCUT2D eigenvalue weighted by atomic mass is 19.1. The molecule has 1 fully saturated rings. The Morgan fingerprint density at radius 1 is 0.857 bits per heavy atom. The lowest BCUT2D eigenvalue weighted by atomic mass is 10.1. The number of nitrogens with zero attached hydrogens (tertiary/aromatic N) is 3. The van der Waals surface area contributed by atoms with Gasteiger partial charge in [-0.25, -0.2) is 14.2 Å². The minimum absolute atomic E-state index is 0.0946. The molecule has 0 aliphatic carbocycles. The molecule has 8 heteroatoms. The number of benzene rings is 3. The smallest absolute Gasteiger partial charge is 0.321 e. The van der Waals surface area contributed by atoms with Gasteiger partial charge in [0, 0.05) is 35.7 Å². The molecule has 1 aliphatic heterocycles. The number of fused-ring (bicyclic) bond motifs is 1. The molecule has 5 rings (SSSR count). The monoisotopic (exact) mass is 471 g/mol. The van der Waals surface area contributed by atoms with Crippen LogP contribution in [0, 0.1) is 12.7 Å². The van der Waals surface area contributed by atoms with Gasteiger partial charge in [-0.2, -0.15) is 0 Å². The maximum Gasteiger partial charge on any atom is 0.321 e. The highest BCUT2D eigenvalue weighted by Gasteiger charge is 2.17. The average molecular weight is 472 g/mol. The van der Waals surface area contributed by atoms with Crippen LogP contribution in [0.25, 0.3) is 16.7 Å². The molecule has 0 radical (unpaired) electrons. The number of piperidine rings is 1. The fraction of sp³-hybridized carbons (Fsp3) is 0.222. The van der Waals surface area contributed by atoms with Crippen LogP contribution in [0.5, 0.6) is 0 Å². The predicted octanol–water partition coefficient (Wildman–Crippen LogP) is 5.74. The Labute approximate surface area is 202 Å². The lowest BCUT2D eigenvalue weighted by Gasteiger charge is -2.26. The van der Waals surface area contributed by atoms with Crippen molar-refractivity contribution in [2.24, 2.45) is 0 Å². The number of anilines is 2. The molecule has 35 heavy (non-hydrogen) atoms. The summed E-state index contributed by atoms with van der Waals surface area (Å²) in [4.78, 5) is 31.7. The quantitative estimate of drug-likeness (QED) is 0.398. The van der Waals surface area contributed by atoms with E-state index in [-0.39, 0.29) is 17.8 Å². The number of rotatable bonds is 4. The fourth-order valence-electron chi connectivity index (χ4n) is 4.39. The van der Waals surface area contributed by atoms with Gasteiger partial charge in [-0.05, 0) is 92.9 Å². The first-order chi connectivity index (χ1) is 17.0. The molecule has 2 heterocycles. The maximum atomic E-state index is 13.4. The Kier molecular flexibility index (Phi) is 6.18. The molecule has 4 aromatic rings. The Bertz CT molecular complexity index is 1370. The van der Waals surface area contributed by atoms with E-state index in [2.05, 4.69) is 15.6 Å². The summed E-state index contributed by atoms with van der Waals surface area (Å²) in [6.07, 6.45) is 3.24. The van der Waals surface area contributed by atoms with Crippen molar-refractivity contribution in [3.8, 4) is 5.69 Å². The topological polar surface area (TPSA) is 79.3 Å². The number of halogens is 1. The molecule has 3 aromatic carbocycles. The first kappa shape index (κ1) is 22.6. The van der Waals surface area contributed by atoms with Crippen molar-refractivity contribution < 1.29 is 14.0 Å². The van der Waals surface area contributed by atoms with Crippen molar-refractivity contribution in [1.82, 2.24) is 14.5 Å². The number of imidazole rings is 1. The van der Waals surface area contributed by atoms with Crippen LogP contribution in [-0.4, -0.2) is 39.5 Å². The van der Waals surface area contributed by atoms with E-state index < -0.39 is 0 Å². The highest BCUT2D eigenvalue weighted by molar-refractivity contribution is 6.06. The van der Waals surface area contributed by atoms with E-state index in [0.717, 1.165) is 48.5 Å². The van der Waals surface area contributed by atoms with Gasteiger partial charge >= 0.3 is 6.03 Å². The molecule has 2 N–H and O–H groups in total. The van der Waals surface area contributed by atoms with Crippen LogP contribution in [0.3, 0.4) is 0 Å². The van der Waals surface area contributed by atoms with Crippen LogP contribution in [0.2, 0.25) is 0 Å². The number of aryl methyl sites for hydroxylation is 1. The van der Waals surface area contributed by atoms with Gasteiger partial charge in [0.25, 0.3) is 5.91 Å². The fourth-order valence-corrected chi connectivity index (χ4v) is 4.39. The number of likely N-dealkylation sites (tertiary alicyclic amines) is 1. The zero-order chi connectivity index (χ0) is 24.4. The van der Waals surface area contributed by atoms with Gasteiger partial charge in [0.05, 0.1) is 11.0 Å². The lowest BCUT2D eigenvalue weighted by Crippen LogP contribution is -2.38. The van der Waals surface area contributed by atoms with E-state index >= 15 is 0 Å². The van der Waals surface area contributed by atoms with Crippen LogP contribution in [0.4, 0.5) is 20.6 Å². The second-order valence-corrected chi connectivity index (χ2v) is 8.68. The van der Waals surface area contributed by atoms with Gasteiger partial charge in [0.2, 0.25) is 0 Å². The largest absolute Gasteiger partial charge is 0.325 e. The first-order valence-electron chi connectivity index (χ1n) is 11.7.